The van der Waals surface area contributed by atoms with E-state index in [1.807, 2.05) is 0 Å². The van der Waals surface area contributed by atoms with E-state index in [4.69, 9.17) is 0 Å². The zero-order chi connectivity index (χ0) is 15.5. The molecule has 2 saturated heterocycles. The van der Waals surface area contributed by atoms with Crippen LogP contribution in [-0.2, 0) is 10.0 Å². The van der Waals surface area contributed by atoms with Gasteiger partial charge in [0, 0.05) is 52.4 Å². The number of aliphatic hydroxyl groups excluding tert-OH is 1. The first-order valence-electron chi connectivity index (χ1n) is 8.01. The number of piperazine rings is 1. The quantitative estimate of drug-likeness (QED) is 0.760. The molecule has 0 bridgehead atoms. The van der Waals surface area contributed by atoms with Crippen LogP contribution in [0.15, 0.2) is 0 Å². The Labute approximate surface area is 128 Å². The molecule has 7 heteroatoms. The maximum atomic E-state index is 12.1. The smallest absolute Gasteiger partial charge is 0.216 e. The Morgan fingerprint density at radius 1 is 0.952 bits per heavy atom. The molecule has 21 heavy (non-hydrogen) atoms. The first-order chi connectivity index (χ1) is 9.89. The van der Waals surface area contributed by atoms with Gasteiger partial charge in [-0.3, -0.25) is 4.90 Å². The molecule has 1 N–H and O–H groups in total. The van der Waals surface area contributed by atoms with Crippen LogP contribution in [0.4, 0.5) is 0 Å². The van der Waals surface area contributed by atoms with Crippen LogP contribution < -0.4 is 0 Å². The lowest BCUT2D eigenvalue weighted by atomic mass is 10.1. The van der Waals surface area contributed by atoms with Crippen LogP contribution in [0.2, 0.25) is 0 Å². The summed E-state index contributed by atoms with van der Waals surface area (Å²) < 4.78 is 25.8. The molecule has 2 aliphatic heterocycles. The van der Waals surface area contributed by atoms with Crippen LogP contribution in [0, 0.1) is 0 Å². The van der Waals surface area contributed by atoms with E-state index in [1.165, 1.54) is 0 Å². The van der Waals surface area contributed by atoms with Crippen LogP contribution in [0.1, 0.15) is 26.7 Å². The molecule has 0 atom stereocenters. The standard InChI is InChI=1S/C14H29N3O3S/c1-13(2)21(19,20)17-11-9-16(10-12-17)8-7-15-5-3-14(18)4-6-15/h13-14,18H,3-12H2,1-2H3. The van der Waals surface area contributed by atoms with Crippen molar-refractivity contribution in [2.75, 3.05) is 52.4 Å². The van der Waals surface area contributed by atoms with Crippen molar-refractivity contribution in [2.24, 2.45) is 0 Å². The number of piperidine rings is 1. The molecular formula is C14H29N3O3S. The van der Waals surface area contributed by atoms with Crippen molar-refractivity contribution >= 4 is 10.0 Å². The molecule has 0 amide bonds. The van der Waals surface area contributed by atoms with E-state index in [0.29, 0.717) is 13.1 Å². The van der Waals surface area contributed by atoms with Crippen LogP contribution in [0.5, 0.6) is 0 Å². The fraction of sp³-hybridized carbons (Fsp3) is 1.00. The number of hydrogen-bond donors (Lipinski definition) is 1. The minimum Gasteiger partial charge on any atom is -0.393 e. The van der Waals surface area contributed by atoms with Gasteiger partial charge in [-0.15, -0.1) is 0 Å². The van der Waals surface area contributed by atoms with Crippen molar-refractivity contribution < 1.29 is 13.5 Å². The summed E-state index contributed by atoms with van der Waals surface area (Å²) in [6, 6.07) is 0. The Balaban J connectivity index is 1.70. The second kappa shape index (κ2) is 7.37. The van der Waals surface area contributed by atoms with Crippen LogP contribution in [-0.4, -0.2) is 91.3 Å². The number of rotatable bonds is 5. The molecule has 2 aliphatic rings. The fourth-order valence-corrected chi connectivity index (χ4v) is 4.20. The minimum absolute atomic E-state index is 0.119. The molecule has 0 unspecified atom stereocenters. The predicted octanol–water partition coefficient (Wildman–Crippen LogP) is -0.201. The summed E-state index contributed by atoms with van der Waals surface area (Å²) in [4.78, 5) is 4.74. The highest BCUT2D eigenvalue weighted by Crippen LogP contribution is 2.13. The van der Waals surface area contributed by atoms with Gasteiger partial charge in [0.25, 0.3) is 0 Å². The van der Waals surface area contributed by atoms with E-state index < -0.39 is 10.0 Å². The van der Waals surface area contributed by atoms with E-state index >= 15 is 0 Å². The van der Waals surface area contributed by atoms with Gasteiger partial charge in [-0.1, -0.05) is 0 Å². The van der Waals surface area contributed by atoms with Gasteiger partial charge in [-0.25, -0.2) is 8.42 Å². The summed E-state index contributed by atoms with van der Waals surface area (Å²) >= 11 is 0. The lowest BCUT2D eigenvalue weighted by Gasteiger charge is -2.36. The van der Waals surface area contributed by atoms with Crippen LogP contribution in [0.25, 0.3) is 0 Å². The topological polar surface area (TPSA) is 64.1 Å². The molecule has 2 fully saturated rings. The highest BCUT2D eigenvalue weighted by molar-refractivity contribution is 7.89. The largest absolute Gasteiger partial charge is 0.393 e. The van der Waals surface area contributed by atoms with E-state index in [2.05, 4.69) is 9.80 Å². The monoisotopic (exact) mass is 319 g/mol. The van der Waals surface area contributed by atoms with Gasteiger partial charge in [0.2, 0.25) is 10.0 Å². The maximum Gasteiger partial charge on any atom is 0.216 e. The van der Waals surface area contributed by atoms with Crippen LogP contribution >= 0.6 is 0 Å². The second-order valence-electron chi connectivity index (χ2n) is 6.41. The van der Waals surface area contributed by atoms with E-state index in [0.717, 1.165) is 52.1 Å². The van der Waals surface area contributed by atoms with E-state index in [1.54, 1.807) is 18.2 Å². The fourth-order valence-electron chi connectivity index (χ4n) is 2.93. The maximum absolute atomic E-state index is 12.1. The summed E-state index contributed by atoms with van der Waals surface area (Å²) in [6.07, 6.45) is 1.63. The first-order valence-corrected chi connectivity index (χ1v) is 9.51. The summed E-state index contributed by atoms with van der Waals surface area (Å²) in [5, 5.41) is 9.16. The lowest BCUT2D eigenvalue weighted by molar-refractivity contribution is 0.0736. The molecule has 0 aliphatic carbocycles. The molecular weight excluding hydrogens is 290 g/mol. The third-order valence-corrected chi connectivity index (χ3v) is 6.85. The van der Waals surface area contributed by atoms with Crippen molar-refractivity contribution in [3.05, 3.63) is 0 Å². The van der Waals surface area contributed by atoms with Crippen molar-refractivity contribution in [1.82, 2.24) is 14.1 Å². The number of hydrogen-bond acceptors (Lipinski definition) is 5. The van der Waals surface area contributed by atoms with Crippen molar-refractivity contribution in [1.29, 1.82) is 0 Å². The highest BCUT2D eigenvalue weighted by Gasteiger charge is 2.29. The van der Waals surface area contributed by atoms with Gasteiger partial charge in [-0.05, 0) is 26.7 Å². The summed E-state index contributed by atoms with van der Waals surface area (Å²) in [5.41, 5.74) is 0. The summed E-state index contributed by atoms with van der Waals surface area (Å²) in [7, 11) is -3.10. The second-order valence-corrected chi connectivity index (χ2v) is 8.90. The third kappa shape index (κ3) is 4.63. The Hall–Kier alpha value is -0.210. The Bertz CT molecular complexity index is 411. The van der Waals surface area contributed by atoms with Gasteiger partial charge in [0.05, 0.1) is 11.4 Å². The SMILES string of the molecule is CC(C)S(=O)(=O)N1CCN(CCN2CCC(O)CC2)CC1. The minimum atomic E-state index is -3.10. The van der Waals surface area contributed by atoms with E-state index in [9.17, 15) is 13.5 Å². The van der Waals surface area contributed by atoms with E-state index in [-0.39, 0.29) is 11.4 Å². The molecule has 0 saturated carbocycles. The Morgan fingerprint density at radius 2 is 1.43 bits per heavy atom. The Kier molecular flexibility index (Phi) is 6.02. The molecule has 0 radical (unpaired) electrons. The first kappa shape index (κ1) is 17.1. The van der Waals surface area contributed by atoms with Gasteiger partial charge < -0.3 is 10.0 Å². The predicted molar refractivity (Wildman–Crippen MR) is 83.7 cm³/mol. The normalized spacial score (nSPS) is 24.8. The Morgan fingerprint density at radius 3 is 1.90 bits per heavy atom. The molecule has 0 aromatic rings. The van der Waals surface area contributed by atoms with Gasteiger partial charge in [-0.2, -0.15) is 4.31 Å². The number of aliphatic hydroxyl groups is 1. The number of likely N-dealkylation sites (tertiary alicyclic amines) is 1. The van der Waals surface area contributed by atoms with Gasteiger partial charge >= 0.3 is 0 Å². The molecule has 2 heterocycles. The van der Waals surface area contributed by atoms with Crippen molar-refractivity contribution in [2.45, 2.75) is 38.0 Å². The summed E-state index contributed by atoms with van der Waals surface area (Å²) in [6.45, 7) is 10.3. The lowest BCUT2D eigenvalue weighted by Crippen LogP contribution is -2.52. The van der Waals surface area contributed by atoms with Crippen LogP contribution in [0.3, 0.4) is 0 Å². The zero-order valence-corrected chi connectivity index (χ0v) is 14.1. The average molecular weight is 319 g/mol. The molecule has 0 spiro atoms. The number of sulfonamides is 1. The van der Waals surface area contributed by atoms with Gasteiger partial charge in [0.15, 0.2) is 0 Å². The molecule has 2 rings (SSSR count). The molecule has 6 nitrogen and oxygen atoms in total. The summed E-state index contributed by atoms with van der Waals surface area (Å²) in [5.74, 6) is 0. The average Bonchev–Trinajstić information content (AvgIpc) is 2.47. The van der Waals surface area contributed by atoms with Gasteiger partial charge in [0.1, 0.15) is 0 Å². The molecule has 0 aromatic heterocycles. The highest BCUT2D eigenvalue weighted by atomic mass is 32.2. The third-order valence-electron chi connectivity index (χ3n) is 4.58. The molecule has 124 valence electrons. The zero-order valence-electron chi connectivity index (χ0n) is 13.2. The van der Waals surface area contributed by atoms with Crippen molar-refractivity contribution in [3.8, 4) is 0 Å². The number of nitrogens with zero attached hydrogens (tertiary/aromatic N) is 3. The van der Waals surface area contributed by atoms with Crippen molar-refractivity contribution in [3.63, 3.8) is 0 Å². The molecule has 0 aromatic carbocycles.